The van der Waals surface area contributed by atoms with Crippen LogP contribution in [0.1, 0.15) is 28.7 Å². The first-order chi connectivity index (χ1) is 9.43. The predicted molar refractivity (Wildman–Crippen MR) is 79.3 cm³/mol. The van der Waals surface area contributed by atoms with E-state index in [0.717, 1.165) is 17.8 Å². The molecule has 2 rings (SSSR count). The molecule has 0 fully saturated rings. The molecule has 1 amide bonds. The number of carbonyl (C=O) groups excluding carboxylic acids is 1. The van der Waals surface area contributed by atoms with E-state index in [-0.39, 0.29) is 5.91 Å². The fraction of sp³-hybridized carbons (Fsp3) is 0.462. The highest BCUT2D eigenvalue weighted by molar-refractivity contribution is 9.10. The van der Waals surface area contributed by atoms with E-state index >= 15 is 0 Å². The molecule has 0 aromatic carbocycles. The molecule has 7 heteroatoms. The number of carbonyl (C=O) groups is 1. The summed E-state index contributed by atoms with van der Waals surface area (Å²) in [4.78, 5) is 14.1. The van der Waals surface area contributed by atoms with Crippen LogP contribution in [-0.4, -0.2) is 37.4 Å². The van der Waals surface area contributed by atoms with Crippen molar-refractivity contribution in [2.75, 3.05) is 7.05 Å². The van der Waals surface area contributed by atoms with Gasteiger partial charge in [0.15, 0.2) is 0 Å². The number of nitrogens with zero attached hydrogens (tertiary/aromatic N) is 5. The molecule has 108 valence electrons. The highest BCUT2D eigenvalue weighted by Gasteiger charge is 2.20. The van der Waals surface area contributed by atoms with Crippen LogP contribution in [0.2, 0.25) is 0 Å². The van der Waals surface area contributed by atoms with Gasteiger partial charge in [0.2, 0.25) is 0 Å². The number of rotatable bonds is 4. The molecule has 6 nitrogen and oxygen atoms in total. The molecule has 2 aromatic heterocycles. The van der Waals surface area contributed by atoms with Crippen LogP contribution >= 0.6 is 15.9 Å². The van der Waals surface area contributed by atoms with E-state index in [1.165, 1.54) is 0 Å². The van der Waals surface area contributed by atoms with E-state index in [4.69, 9.17) is 0 Å². The molecule has 0 aliphatic rings. The van der Waals surface area contributed by atoms with Gasteiger partial charge in [-0.3, -0.25) is 14.2 Å². The van der Waals surface area contributed by atoms with Gasteiger partial charge < -0.3 is 4.90 Å². The average molecular weight is 340 g/mol. The second-order valence-electron chi connectivity index (χ2n) is 4.72. The van der Waals surface area contributed by atoms with Crippen LogP contribution in [0.15, 0.2) is 16.9 Å². The Kier molecular flexibility index (Phi) is 4.27. The van der Waals surface area contributed by atoms with Gasteiger partial charge in [-0.1, -0.05) is 0 Å². The molecule has 20 heavy (non-hydrogen) atoms. The van der Waals surface area contributed by atoms with Crippen LogP contribution in [0, 0.1) is 6.92 Å². The van der Waals surface area contributed by atoms with Crippen molar-refractivity contribution in [1.82, 2.24) is 24.5 Å². The molecule has 2 heterocycles. The number of amides is 1. The van der Waals surface area contributed by atoms with Crippen molar-refractivity contribution in [3.63, 3.8) is 0 Å². The molecule has 0 bridgehead atoms. The van der Waals surface area contributed by atoms with Gasteiger partial charge in [0.05, 0.1) is 16.4 Å². The Labute approximate surface area is 126 Å². The lowest BCUT2D eigenvalue weighted by Gasteiger charge is -2.17. The lowest BCUT2D eigenvalue weighted by atomic mass is 10.2. The van der Waals surface area contributed by atoms with E-state index in [9.17, 15) is 4.79 Å². The fourth-order valence-electron chi connectivity index (χ4n) is 2.04. The summed E-state index contributed by atoms with van der Waals surface area (Å²) < 4.78 is 4.16. The van der Waals surface area contributed by atoms with Crippen LogP contribution in [0.4, 0.5) is 0 Å². The lowest BCUT2D eigenvalue weighted by molar-refractivity contribution is 0.0773. The maximum absolute atomic E-state index is 12.4. The van der Waals surface area contributed by atoms with Crippen molar-refractivity contribution in [1.29, 1.82) is 0 Å². The molecule has 0 aliphatic heterocycles. The standard InChI is InChI=1S/C13H18BrN5O/c1-5-19-8-10(9(2)16-19)7-17(3)13(20)12-11(14)6-15-18(12)4/h6,8H,5,7H2,1-4H3. The Morgan fingerprint density at radius 1 is 1.50 bits per heavy atom. The third-order valence-electron chi connectivity index (χ3n) is 3.22. The maximum atomic E-state index is 12.4. The Hall–Kier alpha value is -1.63. The maximum Gasteiger partial charge on any atom is 0.273 e. The zero-order valence-corrected chi connectivity index (χ0v) is 13.7. The summed E-state index contributed by atoms with van der Waals surface area (Å²) in [5.41, 5.74) is 2.56. The summed E-state index contributed by atoms with van der Waals surface area (Å²) in [7, 11) is 3.54. The topological polar surface area (TPSA) is 56.0 Å². The number of aromatic nitrogens is 4. The Morgan fingerprint density at radius 2 is 2.20 bits per heavy atom. The molecule has 2 aromatic rings. The number of aryl methyl sites for hydroxylation is 3. The summed E-state index contributed by atoms with van der Waals surface area (Å²) in [5, 5.41) is 8.46. The normalized spacial score (nSPS) is 10.8. The number of hydrogen-bond donors (Lipinski definition) is 0. The average Bonchev–Trinajstić information content (AvgIpc) is 2.92. The van der Waals surface area contributed by atoms with Gasteiger partial charge in [-0.05, 0) is 29.8 Å². The predicted octanol–water partition coefficient (Wildman–Crippen LogP) is 1.98. The van der Waals surface area contributed by atoms with Crippen LogP contribution in [0.25, 0.3) is 0 Å². The zero-order valence-electron chi connectivity index (χ0n) is 12.1. The monoisotopic (exact) mass is 339 g/mol. The molecular weight excluding hydrogens is 322 g/mol. The van der Waals surface area contributed by atoms with E-state index in [1.54, 1.807) is 29.9 Å². The van der Waals surface area contributed by atoms with E-state index < -0.39 is 0 Å². The van der Waals surface area contributed by atoms with E-state index in [2.05, 4.69) is 26.1 Å². The minimum absolute atomic E-state index is 0.0690. The van der Waals surface area contributed by atoms with E-state index in [0.29, 0.717) is 16.7 Å². The fourth-order valence-corrected chi connectivity index (χ4v) is 2.55. The number of halogens is 1. The van der Waals surface area contributed by atoms with Crippen molar-refractivity contribution in [3.05, 3.63) is 33.8 Å². The van der Waals surface area contributed by atoms with Gasteiger partial charge in [0.1, 0.15) is 5.69 Å². The van der Waals surface area contributed by atoms with Crippen LogP contribution in [0.5, 0.6) is 0 Å². The Balaban J connectivity index is 2.17. The van der Waals surface area contributed by atoms with Gasteiger partial charge in [0.25, 0.3) is 5.91 Å². The van der Waals surface area contributed by atoms with E-state index in [1.807, 2.05) is 24.7 Å². The smallest absolute Gasteiger partial charge is 0.273 e. The molecule has 0 saturated heterocycles. The molecule has 0 saturated carbocycles. The summed E-state index contributed by atoms with van der Waals surface area (Å²) in [6.07, 6.45) is 3.61. The van der Waals surface area contributed by atoms with Gasteiger partial charge in [0, 0.05) is 38.9 Å². The Morgan fingerprint density at radius 3 is 2.70 bits per heavy atom. The third kappa shape index (κ3) is 2.77. The van der Waals surface area contributed by atoms with Gasteiger partial charge in [-0.2, -0.15) is 10.2 Å². The molecule has 0 unspecified atom stereocenters. The van der Waals surface area contributed by atoms with Crippen molar-refractivity contribution in [3.8, 4) is 0 Å². The van der Waals surface area contributed by atoms with Crippen molar-refractivity contribution in [2.24, 2.45) is 7.05 Å². The van der Waals surface area contributed by atoms with Crippen molar-refractivity contribution in [2.45, 2.75) is 26.9 Å². The second-order valence-corrected chi connectivity index (χ2v) is 5.58. The van der Waals surface area contributed by atoms with Gasteiger partial charge in [-0.25, -0.2) is 0 Å². The lowest BCUT2D eigenvalue weighted by Crippen LogP contribution is -2.28. The van der Waals surface area contributed by atoms with Crippen LogP contribution in [0.3, 0.4) is 0 Å². The van der Waals surface area contributed by atoms with Crippen LogP contribution in [-0.2, 0) is 20.1 Å². The first-order valence-corrected chi connectivity index (χ1v) is 7.19. The molecule has 0 aliphatic carbocycles. The number of hydrogen-bond acceptors (Lipinski definition) is 3. The van der Waals surface area contributed by atoms with Crippen LogP contribution < -0.4 is 0 Å². The minimum Gasteiger partial charge on any atom is -0.336 e. The zero-order chi connectivity index (χ0) is 14.9. The molecule has 0 N–H and O–H groups in total. The minimum atomic E-state index is -0.0690. The highest BCUT2D eigenvalue weighted by atomic mass is 79.9. The summed E-state index contributed by atoms with van der Waals surface area (Å²) >= 11 is 3.35. The van der Waals surface area contributed by atoms with Crippen molar-refractivity contribution >= 4 is 21.8 Å². The molecule has 0 spiro atoms. The quantitative estimate of drug-likeness (QED) is 0.855. The Bertz CT molecular complexity index is 611. The first kappa shape index (κ1) is 14.8. The summed E-state index contributed by atoms with van der Waals surface area (Å²) in [5.74, 6) is -0.0690. The summed E-state index contributed by atoms with van der Waals surface area (Å²) in [6, 6.07) is 0. The highest BCUT2D eigenvalue weighted by Crippen LogP contribution is 2.18. The summed E-state index contributed by atoms with van der Waals surface area (Å²) in [6.45, 7) is 5.35. The third-order valence-corrected chi connectivity index (χ3v) is 3.80. The largest absolute Gasteiger partial charge is 0.336 e. The molecule has 0 atom stereocenters. The molecule has 0 radical (unpaired) electrons. The first-order valence-electron chi connectivity index (χ1n) is 6.40. The molecular formula is C13H18BrN5O. The SMILES string of the molecule is CCn1cc(CN(C)C(=O)c2c(Br)cnn2C)c(C)n1. The second kappa shape index (κ2) is 5.78. The van der Waals surface area contributed by atoms with Gasteiger partial charge in [-0.15, -0.1) is 0 Å². The van der Waals surface area contributed by atoms with Gasteiger partial charge >= 0.3 is 0 Å². The van der Waals surface area contributed by atoms with Crippen molar-refractivity contribution < 1.29 is 4.79 Å².